The average Bonchev–Trinajstić information content (AvgIpc) is 3.18. The Hall–Kier alpha value is -4.73. The molecule has 5 aromatic carbocycles. The Bertz CT molecular complexity index is 2250. The van der Waals surface area contributed by atoms with E-state index >= 15 is 0 Å². The first kappa shape index (κ1) is 31.3. The summed E-state index contributed by atoms with van der Waals surface area (Å²) in [6.45, 7) is 6.73. The van der Waals surface area contributed by atoms with Gasteiger partial charge in [-0.05, 0) is 38.8 Å². The van der Waals surface area contributed by atoms with Crippen molar-refractivity contribution in [3.8, 4) is 44.8 Å². The predicted octanol–water partition coefficient (Wildman–Crippen LogP) is 11.4. The minimum absolute atomic E-state index is 0. The Morgan fingerprint density at radius 3 is 1.90 bits per heavy atom. The van der Waals surface area contributed by atoms with E-state index in [9.17, 15) is 1.37 Å². The van der Waals surface area contributed by atoms with Crippen molar-refractivity contribution in [2.45, 2.75) is 39.3 Å². The number of hydrogen-bond acceptors (Lipinski definition) is 2. The maximum atomic E-state index is 9.26. The van der Waals surface area contributed by atoms with Crippen LogP contribution >= 0.6 is 0 Å². The predicted molar refractivity (Wildman–Crippen MR) is 210 cm³/mol. The molecular weight excluding hydrogens is 801 g/mol. The summed E-state index contributed by atoms with van der Waals surface area (Å²) in [6, 6.07) is 53.7. The Kier molecular flexibility index (Phi) is 10.5. The summed E-state index contributed by atoms with van der Waals surface area (Å²) in [6.07, 6.45) is 3.83. The molecule has 1 atom stereocenters. The van der Waals surface area contributed by atoms with Crippen LogP contribution in [0.1, 0.15) is 35.0 Å². The normalized spacial score (nSPS) is 13.5. The van der Waals surface area contributed by atoms with E-state index in [1.54, 1.807) is 18.3 Å². The number of benzene rings is 5. The van der Waals surface area contributed by atoms with Crippen LogP contribution in [0.2, 0.25) is 19.6 Å². The molecule has 0 bridgehead atoms. The van der Waals surface area contributed by atoms with E-state index < -0.39 is 20.8 Å². The third-order valence-electron chi connectivity index (χ3n) is 8.50. The van der Waals surface area contributed by atoms with Gasteiger partial charge in [-0.1, -0.05) is 143 Å². The van der Waals surface area contributed by atoms with E-state index in [0.717, 1.165) is 33.5 Å². The van der Waals surface area contributed by atoms with E-state index in [4.69, 9.17) is 4.11 Å². The van der Waals surface area contributed by atoms with Gasteiger partial charge in [-0.2, -0.15) is 0 Å². The maximum absolute atomic E-state index is 9.26. The molecule has 50 heavy (non-hydrogen) atoms. The molecule has 2 heterocycles. The minimum Gasteiger partial charge on any atom is -0.305 e. The van der Waals surface area contributed by atoms with Gasteiger partial charge in [0.25, 0.3) is 0 Å². The fourth-order valence-electron chi connectivity index (χ4n) is 5.61. The van der Waals surface area contributed by atoms with Gasteiger partial charge in [0.1, 0.15) is 0 Å². The van der Waals surface area contributed by atoms with Crippen molar-refractivity contribution in [3.63, 3.8) is 0 Å². The van der Waals surface area contributed by atoms with Crippen LogP contribution in [0.3, 0.4) is 0 Å². The summed E-state index contributed by atoms with van der Waals surface area (Å²) in [4.78, 5) is 9.28. The largest absolute Gasteiger partial charge is 0.305 e. The molecular formula is C46H42IrN2Si-2. The van der Waals surface area contributed by atoms with E-state index in [1.165, 1.54) is 22.4 Å². The van der Waals surface area contributed by atoms with Crippen LogP contribution in [-0.2, 0) is 20.1 Å². The summed E-state index contributed by atoms with van der Waals surface area (Å²) in [5.41, 5.74) is 9.63. The smallest absolute Gasteiger partial charge is 0.0795 e. The van der Waals surface area contributed by atoms with Crippen LogP contribution in [-0.4, -0.2) is 18.0 Å². The number of nitrogens with zero attached hydrogens (tertiary/aromatic N) is 2. The molecule has 0 spiro atoms. The molecule has 4 heteroatoms. The maximum Gasteiger partial charge on any atom is 0.0795 e. The van der Waals surface area contributed by atoms with Crippen molar-refractivity contribution >= 4 is 13.3 Å². The molecule has 2 aromatic heterocycles. The number of rotatable bonds is 7. The van der Waals surface area contributed by atoms with Gasteiger partial charge in [-0.3, -0.25) is 0 Å². The van der Waals surface area contributed by atoms with Gasteiger partial charge in [-0.15, -0.1) is 70.8 Å². The minimum atomic E-state index is -2.17. The third-order valence-corrected chi connectivity index (χ3v) is 10.5. The Labute approximate surface area is 318 Å². The topological polar surface area (TPSA) is 25.8 Å². The third kappa shape index (κ3) is 9.08. The fraction of sp³-hybridized carbons (Fsp3) is 0.130. The fourth-order valence-corrected chi connectivity index (χ4v) is 6.65. The van der Waals surface area contributed by atoms with Gasteiger partial charge < -0.3 is 9.97 Å². The number of pyridine rings is 2. The molecule has 1 radical (unpaired) electrons. The van der Waals surface area contributed by atoms with Crippen LogP contribution in [0, 0.1) is 19.0 Å². The summed E-state index contributed by atoms with van der Waals surface area (Å²) in [5, 5.41) is 1.38. The average molecular weight is 847 g/mol. The molecule has 0 amide bonds. The van der Waals surface area contributed by atoms with Crippen LogP contribution in [0.5, 0.6) is 0 Å². The molecule has 0 saturated carbocycles. The summed E-state index contributed by atoms with van der Waals surface area (Å²) in [5.74, 6) is -1.01. The standard InChI is InChI=1S/C26H22N.C20H20NSi.Ir/c1-19-13-15-23(16-14-19)26-17-24(20(2)21-9-5-3-6-10-21)25(18-27-26)22-11-7-4-8-12-22;1-22(2,3)19-12-13-20(21-15-19)18-11-7-10-17(14-18)16-8-5-4-6-9-16;/h3-15,17-18,20H,1-2H3;4-10,12-15H,1-3H3;/q2*-1;/i1D3,20D;;. The molecule has 0 saturated heterocycles. The van der Waals surface area contributed by atoms with Gasteiger partial charge in [0.15, 0.2) is 0 Å². The van der Waals surface area contributed by atoms with Crippen molar-refractivity contribution < 1.29 is 25.6 Å². The SMILES string of the molecule is C[Si](C)(C)c1ccc(-c2[c-]ccc(-c3ccccc3)c2)nc1.[2H]C([2H])([2H])c1c[c-]c(-c2cc(C([2H])(C)c3ccccc3)c(-c3ccccc3)cn2)cc1.[Ir]. The zero-order valence-electron chi connectivity index (χ0n) is 32.7. The zero-order valence-corrected chi connectivity index (χ0v) is 32.1. The first-order chi connectivity index (χ1) is 25.3. The zero-order chi connectivity index (χ0) is 37.6. The molecule has 1 unspecified atom stereocenters. The number of aryl methyl sites for hydroxylation is 1. The first-order valence-electron chi connectivity index (χ1n) is 18.5. The van der Waals surface area contributed by atoms with Crippen LogP contribution in [0.15, 0.2) is 158 Å². The molecule has 7 rings (SSSR count). The second-order valence-electron chi connectivity index (χ2n) is 13.0. The van der Waals surface area contributed by atoms with Crippen molar-refractivity contribution in [1.29, 1.82) is 0 Å². The number of aromatic nitrogens is 2. The van der Waals surface area contributed by atoms with Gasteiger partial charge in [0.2, 0.25) is 0 Å². The van der Waals surface area contributed by atoms with Crippen molar-refractivity contribution in [1.82, 2.24) is 9.97 Å². The van der Waals surface area contributed by atoms with Crippen molar-refractivity contribution in [2.24, 2.45) is 0 Å². The molecule has 0 aliphatic rings. The Morgan fingerprint density at radius 2 is 1.30 bits per heavy atom. The molecule has 2 nitrogen and oxygen atoms in total. The van der Waals surface area contributed by atoms with Gasteiger partial charge in [0, 0.05) is 49.4 Å². The molecule has 7 aromatic rings. The quantitative estimate of drug-likeness (QED) is 0.118. The monoisotopic (exact) mass is 847 g/mol. The van der Waals surface area contributed by atoms with Crippen LogP contribution in [0.4, 0.5) is 0 Å². The Balaban J connectivity index is 0.000000215. The Morgan fingerprint density at radius 1 is 0.640 bits per heavy atom. The van der Waals surface area contributed by atoms with Crippen molar-refractivity contribution in [2.75, 3.05) is 0 Å². The van der Waals surface area contributed by atoms with E-state index in [1.807, 2.05) is 92.0 Å². The number of hydrogen-bond donors (Lipinski definition) is 0. The molecule has 251 valence electrons. The first-order valence-corrected chi connectivity index (χ1v) is 20.0. The molecule has 0 fully saturated rings. The van der Waals surface area contributed by atoms with E-state index in [2.05, 4.69) is 90.3 Å². The second kappa shape index (κ2) is 16.8. The molecule has 0 aliphatic heterocycles. The van der Waals surface area contributed by atoms with Crippen LogP contribution in [0.25, 0.3) is 44.8 Å². The molecule has 0 N–H and O–H groups in total. The molecule has 0 aliphatic carbocycles. The van der Waals surface area contributed by atoms with Crippen LogP contribution < -0.4 is 5.19 Å². The second-order valence-corrected chi connectivity index (χ2v) is 18.1. The van der Waals surface area contributed by atoms with Gasteiger partial charge in [-0.25, -0.2) is 0 Å². The summed E-state index contributed by atoms with van der Waals surface area (Å²) in [7, 11) is -1.29. The van der Waals surface area contributed by atoms with E-state index in [0.29, 0.717) is 11.3 Å². The van der Waals surface area contributed by atoms with Crippen molar-refractivity contribution in [3.05, 3.63) is 187 Å². The van der Waals surface area contributed by atoms with E-state index in [-0.39, 0.29) is 25.7 Å². The van der Waals surface area contributed by atoms with Gasteiger partial charge >= 0.3 is 0 Å². The summed E-state index contributed by atoms with van der Waals surface area (Å²) < 4.78 is 31.9. The van der Waals surface area contributed by atoms with Gasteiger partial charge in [0.05, 0.1) is 8.07 Å². The summed E-state index contributed by atoms with van der Waals surface area (Å²) >= 11 is 0.